The molecule has 1 nitrogen and oxygen atoms in total. The van der Waals surface area contributed by atoms with E-state index in [1.54, 1.807) is 5.57 Å². The first-order chi connectivity index (χ1) is 10.9. The lowest BCUT2D eigenvalue weighted by atomic mass is 9.46. The third-order valence-electron chi connectivity index (χ3n) is 8.44. The predicted octanol–water partition coefficient (Wildman–Crippen LogP) is 5.01. The highest BCUT2D eigenvalue weighted by Crippen LogP contribution is 2.65. The van der Waals surface area contributed by atoms with Crippen molar-refractivity contribution < 1.29 is 4.79 Å². The fourth-order valence-corrected chi connectivity index (χ4v) is 6.96. The standard InChI is InChI=1S/C22H30O/c1-5-15-14(2)10-12-21(3)17(15)7-6-16-18-8-9-20(23)22(18,4)13-11-19(16)21/h1,7,14-16,18-19H,6,8-13H2,2-4H3/t14?,15?,16-,18-,19+,21-,22-/m0/s1. The van der Waals surface area contributed by atoms with Gasteiger partial charge in [0.15, 0.2) is 0 Å². The molecule has 1 heteroatoms. The van der Waals surface area contributed by atoms with Gasteiger partial charge in [-0.2, -0.15) is 0 Å². The van der Waals surface area contributed by atoms with E-state index in [0.29, 0.717) is 34.9 Å². The predicted molar refractivity (Wildman–Crippen MR) is 93.6 cm³/mol. The molecule has 0 bridgehead atoms. The van der Waals surface area contributed by atoms with E-state index in [2.05, 4.69) is 32.8 Å². The summed E-state index contributed by atoms with van der Waals surface area (Å²) in [5.41, 5.74) is 1.85. The minimum atomic E-state index is -0.0175. The van der Waals surface area contributed by atoms with Gasteiger partial charge in [0.25, 0.3) is 0 Å². The highest BCUT2D eigenvalue weighted by atomic mass is 16.1. The number of fused-ring (bicyclic) bond motifs is 5. The molecule has 0 saturated heterocycles. The van der Waals surface area contributed by atoms with Crippen LogP contribution in [0.5, 0.6) is 0 Å². The fourth-order valence-electron chi connectivity index (χ4n) is 6.96. The summed E-state index contributed by atoms with van der Waals surface area (Å²) in [6.45, 7) is 7.08. The number of carbonyl (C=O) groups is 1. The van der Waals surface area contributed by atoms with E-state index in [1.165, 1.54) is 19.3 Å². The molecular weight excluding hydrogens is 280 g/mol. The largest absolute Gasteiger partial charge is 0.299 e. The van der Waals surface area contributed by atoms with E-state index in [-0.39, 0.29) is 5.41 Å². The molecule has 0 aromatic heterocycles. The maximum Gasteiger partial charge on any atom is 0.139 e. The second-order valence-corrected chi connectivity index (χ2v) is 9.27. The Bertz CT molecular complexity index is 608. The van der Waals surface area contributed by atoms with Gasteiger partial charge in [-0.15, -0.1) is 6.42 Å². The van der Waals surface area contributed by atoms with Crippen LogP contribution >= 0.6 is 0 Å². The number of ketones is 1. The molecule has 4 rings (SSSR count). The molecule has 0 heterocycles. The van der Waals surface area contributed by atoms with Crippen LogP contribution in [-0.4, -0.2) is 5.78 Å². The Morgan fingerprint density at radius 2 is 1.83 bits per heavy atom. The Kier molecular flexibility index (Phi) is 3.36. The van der Waals surface area contributed by atoms with Crippen molar-refractivity contribution in [2.24, 2.45) is 40.4 Å². The van der Waals surface area contributed by atoms with E-state index >= 15 is 0 Å². The van der Waals surface area contributed by atoms with Gasteiger partial charge < -0.3 is 0 Å². The first-order valence-corrected chi connectivity index (χ1v) is 9.62. The molecule has 0 spiro atoms. The van der Waals surface area contributed by atoms with E-state index in [0.717, 1.165) is 31.6 Å². The molecule has 124 valence electrons. The number of rotatable bonds is 0. The average Bonchev–Trinajstić information content (AvgIpc) is 2.83. The van der Waals surface area contributed by atoms with Gasteiger partial charge >= 0.3 is 0 Å². The SMILES string of the molecule is C#CC1C2=CC[C@@H]3[C@@H](CC[C@]4(C)C(=O)CC[C@@H]34)[C@@]2(C)CCC1C. The summed E-state index contributed by atoms with van der Waals surface area (Å²) < 4.78 is 0. The maximum absolute atomic E-state index is 12.5. The third-order valence-corrected chi connectivity index (χ3v) is 8.44. The zero-order valence-electron chi connectivity index (χ0n) is 14.9. The first-order valence-electron chi connectivity index (χ1n) is 9.62. The molecule has 0 aliphatic heterocycles. The van der Waals surface area contributed by atoms with Crippen LogP contribution in [0.3, 0.4) is 0 Å². The van der Waals surface area contributed by atoms with Gasteiger partial charge in [-0.25, -0.2) is 0 Å². The summed E-state index contributed by atoms with van der Waals surface area (Å²) in [7, 11) is 0. The first kappa shape index (κ1) is 15.5. The summed E-state index contributed by atoms with van der Waals surface area (Å²) in [6.07, 6.45) is 16.4. The van der Waals surface area contributed by atoms with Crippen LogP contribution < -0.4 is 0 Å². The second kappa shape index (κ2) is 4.98. The molecule has 0 amide bonds. The van der Waals surface area contributed by atoms with Gasteiger partial charge in [-0.3, -0.25) is 4.79 Å². The average molecular weight is 310 g/mol. The van der Waals surface area contributed by atoms with Crippen LogP contribution in [0.4, 0.5) is 0 Å². The molecule has 3 saturated carbocycles. The molecule has 2 unspecified atom stereocenters. The van der Waals surface area contributed by atoms with Crippen molar-refractivity contribution in [1.29, 1.82) is 0 Å². The van der Waals surface area contributed by atoms with Crippen LogP contribution in [-0.2, 0) is 4.79 Å². The summed E-state index contributed by atoms with van der Waals surface area (Å²) in [4.78, 5) is 12.5. The molecule has 23 heavy (non-hydrogen) atoms. The van der Waals surface area contributed by atoms with Gasteiger partial charge in [-0.05, 0) is 67.6 Å². The lowest BCUT2D eigenvalue weighted by Crippen LogP contribution is -2.51. The quantitative estimate of drug-likeness (QED) is 0.454. The molecule has 0 radical (unpaired) electrons. The van der Waals surface area contributed by atoms with Crippen molar-refractivity contribution in [3.8, 4) is 12.3 Å². The molecule has 4 aliphatic rings. The lowest BCUT2D eigenvalue weighted by Gasteiger charge is -2.58. The Morgan fingerprint density at radius 3 is 2.57 bits per heavy atom. The highest BCUT2D eigenvalue weighted by molar-refractivity contribution is 5.87. The van der Waals surface area contributed by atoms with Crippen LogP contribution in [0.25, 0.3) is 0 Å². The normalized spacial score (nSPS) is 52.0. The van der Waals surface area contributed by atoms with Gasteiger partial charge in [0.2, 0.25) is 0 Å². The van der Waals surface area contributed by atoms with Gasteiger partial charge in [0.1, 0.15) is 5.78 Å². The minimum Gasteiger partial charge on any atom is -0.299 e. The molecule has 0 aromatic carbocycles. The zero-order valence-corrected chi connectivity index (χ0v) is 14.9. The van der Waals surface area contributed by atoms with Crippen molar-refractivity contribution in [2.45, 2.75) is 65.7 Å². The van der Waals surface area contributed by atoms with Gasteiger partial charge in [0.05, 0.1) is 0 Å². The number of hydrogen-bond acceptors (Lipinski definition) is 1. The van der Waals surface area contributed by atoms with Gasteiger partial charge in [0, 0.05) is 17.8 Å². The summed E-state index contributed by atoms with van der Waals surface area (Å²) in [5, 5.41) is 0. The zero-order chi connectivity index (χ0) is 16.4. The van der Waals surface area contributed by atoms with Crippen LogP contribution in [0, 0.1) is 52.8 Å². The number of hydrogen-bond donors (Lipinski definition) is 0. The highest BCUT2D eigenvalue weighted by Gasteiger charge is 2.59. The number of carbonyl (C=O) groups excluding carboxylic acids is 1. The molecule has 0 aromatic rings. The second-order valence-electron chi connectivity index (χ2n) is 9.27. The molecule has 7 atom stereocenters. The number of Topliss-reactive ketones (excluding diaryl/α,β-unsaturated/α-hetero) is 1. The van der Waals surface area contributed by atoms with E-state index in [1.807, 2.05) is 0 Å². The van der Waals surface area contributed by atoms with Crippen molar-refractivity contribution in [2.75, 3.05) is 0 Å². The number of terminal acetylenes is 1. The van der Waals surface area contributed by atoms with Crippen molar-refractivity contribution in [3.05, 3.63) is 11.6 Å². The summed E-state index contributed by atoms with van der Waals surface area (Å²) in [6, 6.07) is 0. The lowest BCUT2D eigenvalue weighted by molar-refractivity contribution is -0.132. The Labute approximate surface area is 141 Å². The van der Waals surface area contributed by atoms with Crippen molar-refractivity contribution in [1.82, 2.24) is 0 Å². The van der Waals surface area contributed by atoms with E-state index in [9.17, 15) is 4.79 Å². The van der Waals surface area contributed by atoms with Gasteiger partial charge in [-0.1, -0.05) is 38.3 Å². The van der Waals surface area contributed by atoms with E-state index < -0.39 is 0 Å². The Balaban J connectivity index is 1.73. The van der Waals surface area contributed by atoms with Crippen LogP contribution in [0.1, 0.15) is 65.7 Å². The molecule has 0 N–H and O–H groups in total. The fraction of sp³-hybridized carbons (Fsp3) is 0.773. The Morgan fingerprint density at radius 1 is 1.13 bits per heavy atom. The third kappa shape index (κ3) is 1.90. The molecule has 3 fully saturated rings. The summed E-state index contributed by atoms with van der Waals surface area (Å²) in [5.74, 6) is 6.69. The number of allylic oxidation sites excluding steroid dienone is 2. The smallest absolute Gasteiger partial charge is 0.139 e. The van der Waals surface area contributed by atoms with Crippen LogP contribution in [0.2, 0.25) is 0 Å². The Hall–Kier alpha value is -1.03. The van der Waals surface area contributed by atoms with E-state index in [4.69, 9.17) is 6.42 Å². The van der Waals surface area contributed by atoms with Crippen LogP contribution in [0.15, 0.2) is 11.6 Å². The monoisotopic (exact) mass is 310 g/mol. The van der Waals surface area contributed by atoms with Crippen molar-refractivity contribution >= 4 is 5.78 Å². The maximum atomic E-state index is 12.5. The molecule has 4 aliphatic carbocycles. The topological polar surface area (TPSA) is 17.1 Å². The summed E-state index contributed by atoms with van der Waals surface area (Å²) >= 11 is 0. The van der Waals surface area contributed by atoms with Crippen molar-refractivity contribution in [3.63, 3.8) is 0 Å². The minimum absolute atomic E-state index is 0.0175. The molecular formula is C22H30O.